The summed E-state index contributed by atoms with van der Waals surface area (Å²) in [6.45, 7) is 6.13. The van der Waals surface area contributed by atoms with Crippen molar-refractivity contribution in [3.05, 3.63) is 0 Å². The summed E-state index contributed by atoms with van der Waals surface area (Å²) in [4.78, 5) is 0. The molecule has 132 valence electrons. The molecule has 0 amide bonds. The van der Waals surface area contributed by atoms with Crippen LogP contribution >= 0.6 is 0 Å². The lowest BCUT2D eigenvalue weighted by molar-refractivity contribution is 0.246. The van der Waals surface area contributed by atoms with E-state index in [2.05, 4.69) is 10.6 Å². The minimum Gasteiger partial charge on any atom is -0.330 e. The monoisotopic (exact) mass is 312 g/mol. The zero-order chi connectivity index (χ0) is 15.9. The highest BCUT2D eigenvalue weighted by molar-refractivity contribution is 4.73. The van der Waals surface area contributed by atoms with E-state index in [9.17, 15) is 0 Å². The van der Waals surface area contributed by atoms with Gasteiger partial charge in [-0.25, -0.2) is 0 Å². The topological polar surface area (TPSA) is 76.1 Å². The lowest BCUT2D eigenvalue weighted by atomic mass is 9.78. The van der Waals surface area contributed by atoms with Crippen LogP contribution in [0.2, 0.25) is 0 Å². The molecule has 1 aliphatic carbocycles. The quantitative estimate of drug-likeness (QED) is 0.371. The third kappa shape index (κ3) is 10.5. The van der Waals surface area contributed by atoms with Gasteiger partial charge in [0, 0.05) is 0 Å². The minimum absolute atomic E-state index is 0.805. The minimum atomic E-state index is 0.805. The molecule has 1 saturated carbocycles. The van der Waals surface area contributed by atoms with Gasteiger partial charge in [0.05, 0.1) is 0 Å². The molecule has 0 radical (unpaired) electrons. The lowest BCUT2D eigenvalue weighted by Gasteiger charge is -2.28. The Hall–Kier alpha value is -0.160. The Morgan fingerprint density at radius 1 is 0.591 bits per heavy atom. The van der Waals surface area contributed by atoms with Crippen LogP contribution in [-0.2, 0) is 0 Å². The average molecular weight is 313 g/mol. The number of hydrogen-bond donors (Lipinski definition) is 4. The van der Waals surface area contributed by atoms with E-state index < -0.39 is 0 Å². The van der Waals surface area contributed by atoms with Crippen molar-refractivity contribution in [2.75, 3.05) is 39.3 Å². The predicted molar refractivity (Wildman–Crippen MR) is 97.0 cm³/mol. The molecule has 1 fully saturated rings. The Morgan fingerprint density at radius 3 is 1.32 bits per heavy atom. The van der Waals surface area contributed by atoms with Crippen molar-refractivity contribution in [1.29, 1.82) is 0 Å². The number of nitrogens with one attached hydrogen (secondary N) is 2. The summed E-state index contributed by atoms with van der Waals surface area (Å²) < 4.78 is 0. The summed E-state index contributed by atoms with van der Waals surface area (Å²) >= 11 is 0. The standard InChI is InChI=1S/C18H40N4/c19-11-3-15-21-13-1-5-17-7-9-18(10-8-17)6-2-14-22-16-4-12-20/h17-18,21-22H,1-16,19-20H2. The maximum Gasteiger partial charge on any atom is -0.00369 e. The van der Waals surface area contributed by atoms with Crippen LogP contribution in [0, 0.1) is 11.8 Å². The molecule has 0 heterocycles. The molecular weight excluding hydrogens is 272 g/mol. The number of hydrogen-bond acceptors (Lipinski definition) is 4. The van der Waals surface area contributed by atoms with Crippen molar-refractivity contribution in [2.45, 2.75) is 64.2 Å². The van der Waals surface area contributed by atoms with E-state index in [0.29, 0.717) is 0 Å². The molecule has 0 bridgehead atoms. The second-order valence-corrected chi connectivity index (χ2v) is 6.96. The van der Waals surface area contributed by atoms with Crippen molar-refractivity contribution in [3.8, 4) is 0 Å². The molecule has 0 aliphatic heterocycles. The SMILES string of the molecule is NCCCNCCCC1CCC(CCCNCCCN)CC1. The Bertz CT molecular complexity index is 203. The summed E-state index contributed by atoms with van der Waals surface area (Å²) in [6.07, 6.45) is 13.6. The average Bonchev–Trinajstić information content (AvgIpc) is 2.55. The van der Waals surface area contributed by atoms with Crippen molar-refractivity contribution in [1.82, 2.24) is 10.6 Å². The highest BCUT2D eigenvalue weighted by Crippen LogP contribution is 2.33. The normalized spacial score (nSPS) is 22.1. The van der Waals surface area contributed by atoms with Gasteiger partial charge in [0.15, 0.2) is 0 Å². The molecular formula is C18H40N4. The van der Waals surface area contributed by atoms with Crippen LogP contribution in [-0.4, -0.2) is 39.3 Å². The summed E-state index contributed by atoms with van der Waals surface area (Å²) in [6, 6.07) is 0. The maximum atomic E-state index is 5.49. The maximum absolute atomic E-state index is 5.49. The second-order valence-electron chi connectivity index (χ2n) is 6.96. The molecule has 4 heteroatoms. The smallest absolute Gasteiger partial charge is 0.00369 e. The fourth-order valence-electron chi connectivity index (χ4n) is 3.54. The van der Waals surface area contributed by atoms with E-state index in [1.165, 1.54) is 64.5 Å². The van der Waals surface area contributed by atoms with Gasteiger partial charge >= 0.3 is 0 Å². The first-order valence-electron chi connectivity index (χ1n) is 9.68. The summed E-state index contributed by atoms with van der Waals surface area (Å²) in [7, 11) is 0. The largest absolute Gasteiger partial charge is 0.330 e. The Labute approximate surface area is 138 Å². The zero-order valence-corrected chi connectivity index (χ0v) is 14.6. The van der Waals surface area contributed by atoms with Gasteiger partial charge < -0.3 is 22.1 Å². The van der Waals surface area contributed by atoms with E-state index in [1.54, 1.807) is 0 Å². The molecule has 1 rings (SSSR count). The molecule has 0 atom stereocenters. The Balaban J connectivity index is 1.88. The molecule has 4 nitrogen and oxygen atoms in total. The van der Waals surface area contributed by atoms with Gasteiger partial charge in [0.25, 0.3) is 0 Å². The molecule has 0 unspecified atom stereocenters. The van der Waals surface area contributed by atoms with E-state index in [-0.39, 0.29) is 0 Å². The third-order valence-electron chi connectivity index (χ3n) is 5.01. The van der Waals surface area contributed by atoms with Crippen LogP contribution in [0.4, 0.5) is 0 Å². The van der Waals surface area contributed by atoms with Crippen LogP contribution in [0.15, 0.2) is 0 Å². The molecule has 0 aromatic carbocycles. The molecule has 0 spiro atoms. The first kappa shape index (κ1) is 19.9. The van der Waals surface area contributed by atoms with Gasteiger partial charge in [-0.3, -0.25) is 0 Å². The highest BCUT2D eigenvalue weighted by Gasteiger charge is 2.20. The highest BCUT2D eigenvalue weighted by atomic mass is 14.8. The second kappa shape index (κ2) is 14.4. The Morgan fingerprint density at radius 2 is 0.955 bits per heavy atom. The van der Waals surface area contributed by atoms with Crippen molar-refractivity contribution in [2.24, 2.45) is 23.3 Å². The van der Waals surface area contributed by atoms with Gasteiger partial charge in [-0.1, -0.05) is 25.7 Å². The first-order valence-corrected chi connectivity index (χ1v) is 9.68. The molecule has 0 aromatic rings. The van der Waals surface area contributed by atoms with Crippen molar-refractivity contribution in [3.63, 3.8) is 0 Å². The van der Waals surface area contributed by atoms with Crippen LogP contribution in [0.1, 0.15) is 64.2 Å². The van der Waals surface area contributed by atoms with Gasteiger partial charge in [0.1, 0.15) is 0 Å². The summed E-state index contributed by atoms with van der Waals surface area (Å²) in [5.41, 5.74) is 11.0. The van der Waals surface area contributed by atoms with Gasteiger partial charge in [0.2, 0.25) is 0 Å². The zero-order valence-electron chi connectivity index (χ0n) is 14.6. The van der Waals surface area contributed by atoms with Crippen molar-refractivity contribution < 1.29 is 0 Å². The Kier molecular flexibility index (Phi) is 13.0. The fraction of sp³-hybridized carbons (Fsp3) is 1.00. The summed E-state index contributed by atoms with van der Waals surface area (Å²) in [5.74, 6) is 1.99. The molecule has 0 aromatic heterocycles. The number of nitrogens with two attached hydrogens (primary N) is 2. The number of rotatable bonds is 14. The van der Waals surface area contributed by atoms with Gasteiger partial charge in [-0.15, -0.1) is 0 Å². The van der Waals surface area contributed by atoms with Gasteiger partial charge in [-0.2, -0.15) is 0 Å². The van der Waals surface area contributed by atoms with E-state index in [1.807, 2.05) is 0 Å². The van der Waals surface area contributed by atoms with Crippen LogP contribution < -0.4 is 22.1 Å². The van der Waals surface area contributed by atoms with Crippen LogP contribution in [0.5, 0.6) is 0 Å². The van der Waals surface area contributed by atoms with Crippen LogP contribution in [0.25, 0.3) is 0 Å². The summed E-state index contributed by atoms with van der Waals surface area (Å²) in [5, 5.41) is 6.98. The van der Waals surface area contributed by atoms with E-state index in [4.69, 9.17) is 11.5 Å². The van der Waals surface area contributed by atoms with Gasteiger partial charge in [-0.05, 0) is 89.6 Å². The van der Waals surface area contributed by atoms with Crippen LogP contribution in [0.3, 0.4) is 0 Å². The lowest BCUT2D eigenvalue weighted by Crippen LogP contribution is -2.22. The first-order chi connectivity index (χ1) is 10.9. The van der Waals surface area contributed by atoms with E-state index in [0.717, 1.165) is 50.9 Å². The fourth-order valence-corrected chi connectivity index (χ4v) is 3.54. The molecule has 22 heavy (non-hydrogen) atoms. The third-order valence-corrected chi connectivity index (χ3v) is 5.01. The van der Waals surface area contributed by atoms with E-state index >= 15 is 0 Å². The molecule has 1 aliphatic rings. The molecule has 6 N–H and O–H groups in total. The van der Waals surface area contributed by atoms with Crippen molar-refractivity contribution >= 4 is 0 Å². The predicted octanol–water partition coefficient (Wildman–Crippen LogP) is 2.23. The molecule has 0 saturated heterocycles.